The predicted octanol–water partition coefficient (Wildman–Crippen LogP) is 2.83. The van der Waals surface area contributed by atoms with E-state index in [4.69, 9.17) is 4.74 Å². The Kier molecular flexibility index (Phi) is 6.83. The zero-order valence-corrected chi connectivity index (χ0v) is 15.7. The van der Waals surface area contributed by atoms with E-state index in [0.29, 0.717) is 0 Å². The van der Waals surface area contributed by atoms with Gasteiger partial charge in [-0.1, -0.05) is 6.07 Å². The fourth-order valence-electron chi connectivity index (χ4n) is 2.85. The lowest BCUT2D eigenvalue weighted by molar-refractivity contribution is -0.121. The van der Waals surface area contributed by atoms with Gasteiger partial charge >= 0.3 is 6.09 Å². The number of piperidine rings is 1. The third-order valence-corrected chi connectivity index (χ3v) is 4.05. The lowest BCUT2D eigenvalue weighted by Crippen LogP contribution is -2.45. The number of carbonyl (C=O) groups excluding carboxylic acids is 2. The van der Waals surface area contributed by atoms with Crippen LogP contribution in [0, 0.1) is 5.82 Å². The highest BCUT2D eigenvalue weighted by molar-refractivity contribution is 5.77. The lowest BCUT2D eigenvalue weighted by atomic mass is 10.0. The molecule has 1 heterocycles. The van der Waals surface area contributed by atoms with Crippen molar-refractivity contribution in [2.75, 3.05) is 24.5 Å². The Morgan fingerprint density at radius 1 is 1.27 bits per heavy atom. The van der Waals surface area contributed by atoms with Crippen LogP contribution < -0.4 is 15.5 Å². The Morgan fingerprint density at radius 2 is 1.96 bits per heavy atom. The quantitative estimate of drug-likeness (QED) is 0.842. The van der Waals surface area contributed by atoms with Crippen molar-refractivity contribution in [2.45, 2.75) is 51.7 Å². The molecule has 144 valence electrons. The molecule has 0 bridgehead atoms. The Balaban J connectivity index is 1.66. The van der Waals surface area contributed by atoms with Crippen LogP contribution in [-0.4, -0.2) is 43.3 Å². The first kappa shape index (κ1) is 20.0. The average Bonchev–Trinajstić information content (AvgIpc) is 2.54. The summed E-state index contributed by atoms with van der Waals surface area (Å²) in [5.41, 5.74) is 0.318. The number of amides is 2. The summed E-state index contributed by atoms with van der Waals surface area (Å²) in [5.74, 6) is -0.333. The third kappa shape index (κ3) is 6.90. The fourth-order valence-corrected chi connectivity index (χ4v) is 2.85. The van der Waals surface area contributed by atoms with Crippen LogP contribution in [0.4, 0.5) is 14.9 Å². The number of alkyl carbamates (subject to hydrolysis) is 1. The van der Waals surface area contributed by atoms with Gasteiger partial charge in [0.1, 0.15) is 11.4 Å². The van der Waals surface area contributed by atoms with Crippen LogP contribution in [0.5, 0.6) is 0 Å². The second-order valence-electron chi connectivity index (χ2n) is 7.49. The molecule has 1 aliphatic rings. The van der Waals surface area contributed by atoms with E-state index in [1.807, 2.05) is 6.07 Å². The number of nitrogens with zero attached hydrogens (tertiary/aromatic N) is 1. The summed E-state index contributed by atoms with van der Waals surface area (Å²) in [6.07, 6.45) is 1.31. The van der Waals surface area contributed by atoms with Crippen LogP contribution in [0.2, 0.25) is 0 Å². The van der Waals surface area contributed by atoms with E-state index in [1.165, 1.54) is 12.1 Å². The first-order valence-electron chi connectivity index (χ1n) is 9.00. The highest BCUT2D eigenvalue weighted by Crippen LogP contribution is 2.20. The molecule has 1 fully saturated rings. The standard InChI is InChI=1S/C19H28FN3O3/c1-19(2,3)26-18(25)21-10-7-17(24)22-15-8-11-23(12-9-15)16-6-4-5-14(20)13-16/h4-6,13,15H,7-12H2,1-3H3,(H,21,25)(H,22,24). The van der Waals surface area contributed by atoms with Crippen molar-refractivity contribution in [1.29, 1.82) is 0 Å². The van der Waals surface area contributed by atoms with Crippen molar-refractivity contribution in [2.24, 2.45) is 0 Å². The summed E-state index contributed by atoms with van der Waals surface area (Å²) in [4.78, 5) is 25.7. The van der Waals surface area contributed by atoms with E-state index in [2.05, 4.69) is 15.5 Å². The molecule has 1 saturated heterocycles. The van der Waals surface area contributed by atoms with Gasteiger partial charge in [-0.15, -0.1) is 0 Å². The maximum absolute atomic E-state index is 13.3. The predicted molar refractivity (Wildman–Crippen MR) is 98.6 cm³/mol. The molecule has 0 saturated carbocycles. The maximum Gasteiger partial charge on any atom is 0.407 e. The summed E-state index contributed by atoms with van der Waals surface area (Å²) in [6, 6.07) is 6.66. The first-order chi connectivity index (χ1) is 12.2. The molecule has 0 atom stereocenters. The van der Waals surface area contributed by atoms with Crippen molar-refractivity contribution in [3.63, 3.8) is 0 Å². The van der Waals surface area contributed by atoms with Crippen LogP contribution in [0.25, 0.3) is 0 Å². The van der Waals surface area contributed by atoms with E-state index in [9.17, 15) is 14.0 Å². The normalized spacial score (nSPS) is 15.5. The van der Waals surface area contributed by atoms with Crippen molar-refractivity contribution in [1.82, 2.24) is 10.6 Å². The Hall–Kier alpha value is -2.31. The highest BCUT2D eigenvalue weighted by atomic mass is 19.1. The van der Waals surface area contributed by atoms with Gasteiger partial charge in [-0.25, -0.2) is 9.18 Å². The number of carbonyl (C=O) groups is 2. The van der Waals surface area contributed by atoms with Crippen molar-refractivity contribution in [3.8, 4) is 0 Å². The molecule has 0 aliphatic carbocycles. The van der Waals surface area contributed by atoms with E-state index < -0.39 is 11.7 Å². The van der Waals surface area contributed by atoms with Gasteiger partial charge in [0.15, 0.2) is 0 Å². The van der Waals surface area contributed by atoms with Crippen LogP contribution >= 0.6 is 0 Å². The summed E-state index contributed by atoms with van der Waals surface area (Å²) in [6.45, 7) is 7.14. The molecule has 2 amide bonds. The smallest absolute Gasteiger partial charge is 0.407 e. The molecule has 2 rings (SSSR count). The minimum atomic E-state index is -0.554. The SMILES string of the molecule is CC(C)(C)OC(=O)NCCC(=O)NC1CCN(c2cccc(F)c2)CC1. The monoisotopic (exact) mass is 365 g/mol. The summed E-state index contributed by atoms with van der Waals surface area (Å²) < 4.78 is 18.4. The maximum atomic E-state index is 13.3. The number of hydrogen-bond donors (Lipinski definition) is 2. The van der Waals surface area contributed by atoms with Gasteiger partial charge in [0.25, 0.3) is 0 Å². The first-order valence-corrected chi connectivity index (χ1v) is 9.00. The minimum absolute atomic E-state index is 0.0923. The number of anilines is 1. The lowest BCUT2D eigenvalue weighted by Gasteiger charge is -2.34. The molecular formula is C19H28FN3O3. The summed E-state index contributed by atoms with van der Waals surface area (Å²) >= 11 is 0. The van der Waals surface area contributed by atoms with E-state index >= 15 is 0 Å². The molecule has 7 heteroatoms. The molecule has 26 heavy (non-hydrogen) atoms. The highest BCUT2D eigenvalue weighted by Gasteiger charge is 2.21. The second kappa shape index (κ2) is 8.87. The zero-order valence-electron chi connectivity index (χ0n) is 15.7. The summed E-state index contributed by atoms with van der Waals surface area (Å²) in [5, 5.41) is 5.57. The fraction of sp³-hybridized carbons (Fsp3) is 0.579. The number of nitrogens with one attached hydrogen (secondary N) is 2. The second-order valence-corrected chi connectivity index (χ2v) is 7.49. The Morgan fingerprint density at radius 3 is 2.58 bits per heavy atom. The van der Waals surface area contributed by atoms with Gasteiger partial charge in [0.05, 0.1) is 0 Å². The third-order valence-electron chi connectivity index (χ3n) is 4.05. The van der Waals surface area contributed by atoms with Crippen LogP contribution in [-0.2, 0) is 9.53 Å². The van der Waals surface area contributed by atoms with Gasteiger partial charge in [-0.3, -0.25) is 4.79 Å². The number of hydrogen-bond acceptors (Lipinski definition) is 4. The van der Waals surface area contributed by atoms with Crippen LogP contribution in [0.3, 0.4) is 0 Å². The number of benzene rings is 1. The molecule has 0 spiro atoms. The number of rotatable bonds is 5. The molecule has 1 aromatic carbocycles. The Bertz CT molecular complexity index is 623. The summed E-state index contributed by atoms with van der Waals surface area (Å²) in [7, 11) is 0. The van der Waals surface area contributed by atoms with Gasteiger partial charge in [-0.05, 0) is 51.8 Å². The average molecular weight is 365 g/mol. The van der Waals surface area contributed by atoms with Gasteiger partial charge < -0.3 is 20.3 Å². The van der Waals surface area contributed by atoms with E-state index in [1.54, 1.807) is 26.8 Å². The molecule has 0 aromatic heterocycles. The molecule has 2 N–H and O–H groups in total. The van der Waals surface area contributed by atoms with Crippen molar-refractivity contribution < 1.29 is 18.7 Å². The van der Waals surface area contributed by atoms with Gasteiger partial charge in [-0.2, -0.15) is 0 Å². The van der Waals surface area contributed by atoms with Gasteiger partial charge in [0, 0.05) is 37.8 Å². The van der Waals surface area contributed by atoms with E-state index in [0.717, 1.165) is 31.6 Å². The van der Waals surface area contributed by atoms with Crippen molar-refractivity contribution >= 4 is 17.7 Å². The molecule has 6 nitrogen and oxygen atoms in total. The number of halogens is 1. The minimum Gasteiger partial charge on any atom is -0.444 e. The molecule has 0 radical (unpaired) electrons. The number of ether oxygens (including phenoxy) is 1. The topological polar surface area (TPSA) is 70.7 Å². The van der Waals surface area contributed by atoms with Gasteiger partial charge in [0.2, 0.25) is 5.91 Å². The zero-order chi connectivity index (χ0) is 19.2. The van der Waals surface area contributed by atoms with Crippen LogP contribution in [0.1, 0.15) is 40.0 Å². The molecule has 1 aromatic rings. The van der Waals surface area contributed by atoms with E-state index in [-0.39, 0.29) is 30.7 Å². The molecule has 1 aliphatic heterocycles. The van der Waals surface area contributed by atoms with Crippen LogP contribution in [0.15, 0.2) is 24.3 Å². The molecule has 0 unspecified atom stereocenters. The molecular weight excluding hydrogens is 337 g/mol. The Labute approximate surface area is 154 Å². The largest absolute Gasteiger partial charge is 0.444 e. The van der Waals surface area contributed by atoms with Crippen molar-refractivity contribution in [3.05, 3.63) is 30.1 Å².